The largest absolute Gasteiger partial charge is 0.500 e. The molecule has 0 aliphatic heterocycles. The third-order valence-electron chi connectivity index (χ3n) is 3.14. The predicted molar refractivity (Wildman–Crippen MR) is 76.9 cm³/mol. The monoisotopic (exact) mass is 292 g/mol. The van der Waals surface area contributed by atoms with Crippen molar-refractivity contribution in [1.82, 2.24) is 5.32 Å². The maximum Gasteiger partial charge on any atom is 0.500 e. The van der Waals surface area contributed by atoms with Crippen molar-refractivity contribution < 1.29 is 18.1 Å². The first kappa shape index (κ1) is 18.4. The van der Waals surface area contributed by atoms with E-state index in [0.717, 1.165) is 31.7 Å². The molecular weight excluding hydrogens is 264 g/mol. The molecule has 0 aliphatic rings. The molecule has 3 N–H and O–H groups in total. The van der Waals surface area contributed by atoms with E-state index in [-0.39, 0.29) is 0 Å². The van der Waals surface area contributed by atoms with Gasteiger partial charge in [-0.15, -0.1) is 0 Å². The molecule has 0 atom stereocenters. The Morgan fingerprint density at radius 3 is 1.89 bits per heavy atom. The molecule has 0 heterocycles. The van der Waals surface area contributed by atoms with Crippen molar-refractivity contribution >= 4 is 14.8 Å². The van der Waals surface area contributed by atoms with E-state index < -0.39 is 14.8 Å². The van der Waals surface area contributed by atoms with Crippen molar-refractivity contribution in [3.63, 3.8) is 0 Å². The first-order chi connectivity index (χ1) is 9.10. The van der Waals surface area contributed by atoms with Crippen LogP contribution in [0.1, 0.15) is 38.5 Å². The molecule has 0 spiro atoms. The van der Waals surface area contributed by atoms with Gasteiger partial charge >= 0.3 is 14.8 Å². The predicted octanol–water partition coefficient (Wildman–Crippen LogP) is 1.87. The highest BCUT2D eigenvalue weighted by atomic mass is 28.4. The summed E-state index contributed by atoms with van der Waals surface area (Å²) in [6.07, 6.45) is 6.65. The highest BCUT2D eigenvalue weighted by molar-refractivity contribution is 6.60. The molecule has 114 valence electrons. The number of unbranched alkanes of at least 4 members (excludes halogenated alkanes) is 5. The Labute approximate surface area is 117 Å². The van der Waals surface area contributed by atoms with Crippen LogP contribution in [0, 0.1) is 0 Å². The number of primary amides is 1. The van der Waals surface area contributed by atoms with Gasteiger partial charge in [-0.25, -0.2) is 4.79 Å². The van der Waals surface area contributed by atoms with E-state index in [9.17, 15) is 4.79 Å². The lowest BCUT2D eigenvalue weighted by Gasteiger charge is -2.24. The number of urea groups is 1. The van der Waals surface area contributed by atoms with Crippen molar-refractivity contribution in [3.05, 3.63) is 0 Å². The standard InChI is InChI=1S/C12H28N2O4Si/c1-16-19(17-2,18-3)11-9-7-5-4-6-8-10-14-12(13)15/h4-11H2,1-3H3,(H3,13,14,15). The van der Waals surface area contributed by atoms with E-state index in [4.69, 9.17) is 19.0 Å². The average molecular weight is 292 g/mol. The second-order valence-corrected chi connectivity index (χ2v) is 7.55. The fraction of sp³-hybridized carbons (Fsp3) is 0.917. The van der Waals surface area contributed by atoms with Gasteiger partial charge in [0.2, 0.25) is 0 Å². The highest BCUT2D eigenvalue weighted by Crippen LogP contribution is 2.18. The van der Waals surface area contributed by atoms with E-state index in [2.05, 4.69) is 5.32 Å². The van der Waals surface area contributed by atoms with E-state index >= 15 is 0 Å². The Bertz CT molecular complexity index is 230. The fourth-order valence-corrected chi connectivity index (χ4v) is 3.74. The third-order valence-corrected chi connectivity index (χ3v) is 5.97. The van der Waals surface area contributed by atoms with Crippen LogP contribution < -0.4 is 11.1 Å². The molecule has 0 aliphatic carbocycles. The lowest BCUT2D eigenvalue weighted by Crippen LogP contribution is -2.42. The molecule has 0 rings (SSSR count). The number of nitrogens with one attached hydrogen (secondary N) is 1. The number of carbonyl (C=O) groups is 1. The minimum absolute atomic E-state index is 0.444. The van der Waals surface area contributed by atoms with Gasteiger partial charge in [0.25, 0.3) is 0 Å². The van der Waals surface area contributed by atoms with Gasteiger partial charge in [0.05, 0.1) is 0 Å². The molecule has 0 bridgehead atoms. The van der Waals surface area contributed by atoms with Crippen LogP contribution in [0.2, 0.25) is 6.04 Å². The summed E-state index contributed by atoms with van der Waals surface area (Å²) >= 11 is 0. The van der Waals surface area contributed by atoms with Crippen molar-refractivity contribution in [1.29, 1.82) is 0 Å². The molecule has 0 aromatic carbocycles. The van der Waals surface area contributed by atoms with Gasteiger partial charge in [0.1, 0.15) is 0 Å². The summed E-state index contributed by atoms with van der Waals surface area (Å²) in [6, 6.07) is 0.416. The molecular formula is C12H28N2O4Si. The number of amides is 2. The molecule has 2 amide bonds. The molecule has 0 aromatic rings. The van der Waals surface area contributed by atoms with Crippen LogP contribution in [-0.4, -0.2) is 42.7 Å². The smallest absolute Gasteiger partial charge is 0.377 e. The van der Waals surface area contributed by atoms with E-state index in [1.807, 2.05) is 0 Å². The van der Waals surface area contributed by atoms with E-state index in [1.165, 1.54) is 12.8 Å². The van der Waals surface area contributed by atoms with Crippen molar-refractivity contribution in [2.75, 3.05) is 27.9 Å². The Balaban J connectivity index is 3.42. The zero-order valence-corrected chi connectivity index (χ0v) is 13.4. The summed E-state index contributed by atoms with van der Waals surface area (Å²) in [6.45, 7) is 0.669. The lowest BCUT2D eigenvalue weighted by atomic mass is 10.1. The SMILES string of the molecule is CO[Si](CCCCCCCCNC(N)=O)(OC)OC. The second-order valence-electron chi connectivity index (χ2n) is 4.46. The number of nitrogens with two attached hydrogens (primary N) is 1. The van der Waals surface area contributed by atoms with Gasteiger partial charge in [0, 0.05) is 33.9 Å². The second kappa shape index (κ2) is 11.2. The zero-order valence-electron chi connectivity index (χ0n) is 12.4. The molecule has 0 fully saturated rings. The summed E-state index contributed by atoms with van der Waals surface area (Å²) in [7, 11) is 2.56. The maximum atomic E-state index is 10.4. The topological polar surface area (TPSA) is 82.8 Å². The lowest BCUT2D eigenvalue weighted by molar-refractivity contribution is 0.122. The number of hydrogen-bond donors (Lipinski definition) is 2. The molecule has 0 unspecified atom stereocenters. The Morgan fingerprint density at radius 2 is 1.42 bits per heavy atom. The van der Waals surface area contributed by atoms with Crippen molar-refractivity contribution in [3.8, 4) is 0 Å². The summed E-state index contributed by atoms with van der Waals surface area (Å²) in [5, 5.41) is 2.59. The summed E-state index contributed by atoms with van der Waals surface area (Å²) in [4.78, 5) is 10.4. The highest BCUT2D eigenvalue weighted by Gasteiger charge is 2.36. The Kier molecular flexibility index (Phi) is 10.8. The summed E-state index contributed by atoms with van der Waals surface area (Å²) < 4.78 is 16.1. The van der Waals surface area contributed by atoms with E-state index in [1.54, 1.807) is 21.3 Å². The summed E-state index contributed by atoms with van der Waals surface area (Å²) in [5.41, 5.74) is 4.97. The third kappa shape index (κ3) is 8.98. The molecule has 0 radical (unpaired) electrons. The van der Waals surface area contributed by atoms with Crippen LogP contribution in [0.5, 0.6) is 0 Å². The van der Waals surface area contributed by atoms with Crippen LogP contribution in [0.4, 0.5) is 4.79 Å². The van der Waals surface area contributed by atoms with Gasteiger partial charge in [-0.1, -0.05) is 25.7 Å². The molecule has 19 heavy (non-hydrogen) atoms. The quantitative estimate of drug-likeness (QED) is 0.425. The zero-order chi connectivity index (χ0) is 14.6. The Hall–Kier alpha value is -0.633. The van der Waals surface area contributed by atoms with Crippen LogP contribution in [0.3, 0.4) is 0 Å². The van der Waals surface area contributed by atoms with Crippen LogP contribution in [0.25, 0.3) is 0 Å². The minimum atomic E-state index is -2.37. The van der Waals surface area contributed by atoms with Crippen LogP contribution >= 0.6 is 0 Å². The normalized spacial score (nSPS) is 11.5. The molecule has 0 saturated heterocycles. The first-order valence-corrected chi connectivity index (χ1v) is 8.72. The first-order valence-electron chi connectivity index (χ1n) is 6.79. The van der Waals surface area contributed by atoms with Gasteiger partial charge in [0.15, 0.2) is 0 Å². The number of hydrogen-bond acceptors (Lipinski definition) is 4. The van der Waals surface area contributed by atoms with Crippen LogP contribution in [0.15, 0.2) is 0 Å². The minimum Gasteiger partial charge on any atom is -0.377 e. The van der Waals surface area contributed by atoms with Crippen LogP contribution in [-0.2, 0) is 13.3 Å². The number of rotatable bonds is 12. The molecule has 0 aromatic heterocycles. The van der Waals surface area contributed by atoms with Gasteiger partial charge < -0.3 is 24.3 Å². The van der Waals surface area contributed by atoms with Crippen molar-refractivity contribution in [2.45, 2.75) is 44.6 Å². The average Bonchev–Trinajstić information content (AvgIpc) is 2.41. The molecule has 0 saturated carbocycles. The molecule has 6 nitrogen and oxygen atoms in total. The van der Waals surface area contributed by atoms with E-state index in [0.29, 0.717) is 6.54 Å². The molecule has 7 heteroatoms. The van der Waals surface area contributed by atoms with Crippen molar-refractivity contribution in [2.24, 2.45) is 5.73 Å². The fourth-order valence-electron chi connectivity index (χ4n) is 1.94. The van der Waals surface area contributed by atoms with Gasteiger partial charge in [-0.2, -0.15) is 0 Å². The van der Waals surface area contributed by atoms with Gasteiger partial charge in [-0.3, -0.25) is 0 Å². The van der Waals surface area contributed by atoms with Gasteiger partial charge in [-0.05, 0) is 12.8 Å². The Morgan fingerprint density at radius 1 is 0.947 bits per heavy atom. The maximum absolute atomic E-state index is 10.4. The summed E-state index contributed by atoms with van der Waals surface area (Å²) in [5.74, 6) is 0. The number of carbonyl (C=O) groups excluding carboxylic acids is 1.